The van der Waals surface area contributed by atoms with Crippen molar-refractivity contribution in [1.29, 1.82) is 0 Å². The van der Waals surface area contributed by atoms with Gasteiger partial charge in [0.05, 0.1) is 0 Å². The largest absolute Gasteiger partial charge is 0.363 e. The minimum Gasteiger partial charge on any atom is -0.283 e. The first-order valence-corrected chi connectivity index (χ1v) is 2.49. The van der Waals surface area contributed by atoms with Crippen molar-refractivity contribution in [3.63, 3.8) is 0 Å². The number of carbonyl (C=O) groups excluding carboxylic acids is 1. The summed E-state index contributed by atoms with van der Waals surface area (Å²) in [6, 6.07) is -0.616. The molecule has 0 spiro atoms. The number of halogens is 2. The summed E-state index contributed by atoms with van der Waals surface area (Å²) in [6.45, 7) is 0. The fourth-order valence-electron chi connectivity index (χ4n) is 0.287. The first-order chi connectivity index (χ1) is 3.60. The fourth-order valence-corrected chi connectivity index (χ4v) is 0.524. The van der Waals surface area contributed by atoms with Gasteiger partial charge in [0.1, 0.15) is 0 Å². The van der Waals surface area contributed by atoms with Crippen LogP contribution in [-0.4, -0.2) is 10.6 Å². The predicted octanol–water partition coefficient (Wildman–Crippen LogP) is 1.25. The van der Waals surface area contributed by atoms with Crippen molar-refractivity contribution in [3.8, 4) is 0 Å². The van der Waals surface area contributed by atoms with Crippen LogP contribution in [0, 0.1) is 0 Å². The molecule has 0 aromatic rings. The van der Waals surface area contributed by atoms with E-state index in [1.165, 1.54) is 0 Å². The predicted molar refractivity (Wildman–Crippen MR) is 27.8 cm³/mol. The fraction of sp³-hybridized carbons (Fsp3) is 0.500. The van der Waals surface area contributed by atoms with Crippen molar-refractivity contribution >= 4 is 29.2 Å². The molecule has 0 atom stereocenters. The summed E-state index contributed by atoms with van der Waals surface area (Å²) in [5.41, 5.74) is 0. The average Bonchev–Trinajstić information content (AvgIpc) is 1.82. The van der Waals surface area contributed by atoms with Crippen LogP contribution in [0.1, 0.15) is 0 Å². The van der Waals surface area contributed by atoms with E-state index in [1.807, 2.05) is 0 Å². The van der Waals surface area contributed by atoms with Gasteiger partial charge in [-0.1, -0.05) is 28.3 Å². The highest BCUT2D eigenvalue weighted by Crippen LogP contribution is 2.22. The topological polar surface area (TPSA) is 53.8 Å². The summed E-state index contributed by atoms with van der Waals surface area (Å²) in [5.74, 6) is 0. The lowest BCUT2D eigenvalue weighted by Gasteiger charge is -2.02. The van der Waals surface area contributed by atoms with E-state index in [9.17, 15) is 4.79 Å². The molecule has 0 saturated heterocycles. The lowest BCUT2D eigenvalue weighted by Crippen LogP contribution is -2.29. The van der Waals surface area contributed by atoms with Gasteiger partial charge in [-0.2, -0.15) is 0 Å². The third-order valence-electron chi connectivity index (χ3n) is 0.524. The third kappa shape index (κ3) is 1.08. The summed E-state index contributed by atoms with van der Waals surface area (Å²) >= 11 is 10.5. The Kier molecular flexibility index (Phi) is 1.13. The van der Waals surface area contributed by atoms with Crippen LogP contribution in [0.25, 0.3) is 0 Å². The van der Waals surface area contributed by atoms with Gasteiger partial charge in [-0.05, 0) is 0 Å². The van der Waals surface area contributed by atoms with Crippen molar-refractivity contribution in [2.45, 2.75) is 4.58 Å². The Morgan fingerprint density at radius 2 is 2.25 bits per heavy atom. The lowest BCUT2D eigenvalue weighted by molar-refractivity contribution is 0.251. The smallest absolute Gasteiger partial charge is 0.283 e. The first-order valence-electron chi connectivity index (χ1n) is 1.73. The second kappa shape index (κ2) is 1.56. The number of carbonyl (C=O) groups is 1. The van der Waals surface area contributed by atoms with Crippen LogP contribution in [0.3, 0.4) is 0 Å². The molecular weight excluding hydrogens is 153 g/mol. The average molecular weight is 154 g/mol. The van der Waals surface area contributed by atoms with Crippen LogP contribution >= 0.6 is 23.2 Å². The SMILES string of the molecule is O=C1N=NC(Cl)(Cl)N1. The van der Waals surface area contributed by atoms with Gasteiger partial charge in [-0.3, -0.25) is 5.32 Å². The van der Waals surface area contributed by atoms with E-state index in [4.69, 9.17) is 23.2 Å². The molecule has 44 valence electrons. The van der Waals surface area contributed by atoms with Crippen LogP contribution in [0.5, 0.6) is 0 Å². The molecule has 1 aliphatic rings. The summed E-state index contributed by atoms with van der Waals surface area (Å²) < 4.78 is -1.53. The minimum atomic E-state index is -1.53. The molecule has 0 unspecified atom stereocenters. The molecule has 1 heterocycles. The maximum absolute atomic E-state index is 10.1. The van der Waals surface area contributed by atoms with Gasteiger partial charge in [-0.15, -0.1) is 5.11 Å². The van der Waals surface area contributed by atoms with Crippen molar-refractivity contribution in [2.75, 3.05) is 0 Å². The summed E-state index contributed by atoms with van der Waals surface area (Å²) in [6.07, 6.45) is 0. The van der Waals surface area contributed by atoms with Crippen molar-refractivity contribution in [1.82, 2.24) is 5.32 Å². The van der Waals surface area contributed by atoms with E-state index < -0.39 is 10.6 Å². The van der Waals surface area contributed by atoms with E-state index >= 15 is 0 Å². The molecule has 0 aromatic carbocycles. The maximum Gasteiger partial charge on any atom is 0.363 e. The minimum absolute atomic E-state index is 0.616. The number of rotatable bonds is 0. The van der Waals surface area contributed by atoms with Crippen LogP contribution in [0.2, 0.25) is 0 Å². The Hall–Kier alpha value is -0.350. The number of nitrogens with zero attached hydrogens (tertiary/aromatic N) is 2. The van der Waals surface area contributed by atoms with Gasteiger partial charge >= 0.3 is 10.6 Å². The maximum atomic E-state index is 10.1. The van der Waals surface area contributed by atoms with Gasteiger partial charge in [0, 0.05) is 0 Å². The van der Waals surface area contributed by atoms with Crippen molar-refractivity contribution in [2.24, 2.45) is 10.2 Å². The number of hydrogen-bond acceptors (Lipinski definition) is 2. The molecular formula is C2HCl2N3O. The second-order valence-electron chi connectivity index (χ2n) is 1.17. The zero-order valence-electron chi connectivity index (χ0n) is 3.56. The molecule has 8 heavy (non-hydrogen) atoms. The Bertz CT molecular complexity index is 153. The van der Waals surface area contributed by atoms with Crippen LogP contribution in [-0.2, 0) is 0 Å². The normalized spacial score (nSPS) is 23.5. The Labute approximate surface area is 54.9 Å². The van der Waals surface area contributed by atoms with E-state index in [0.717, 1.165) is 0 Å². The Balaban J connectivity index is 2.72. The first kappa shape index (κ1) is 5.78. The number of azo groups is 1. The van der Waals surface area contributed by atoms with Crippen LogP contribution in [0.4, 0.5) is 4.79 Å². The molecule has 0 saturated carbocycles. The molecule has 6 heteroatoms. The quantitative estimate of drug-likeness (QED) is 0.414. The highest BCUT2D eigenvalue weighted by molar-refractivity contribution is 6.48. The monoisotopic (exact) mass is 153 g/mol. The van der Waals surface area contributed by atoms with Crippen LogP contribution < -0.4 is 5.32 Å². The van der Waals surface area contributed by atoms with E-state index in [0.29, 0.717) is 0 Å². The number of alkyl halides is 2. The second-order valence-corrected chi connectivity index (χ2v) is 2.46. The Morgan fingerprint density at radius 1 is 1.62 bits per heavy atom. The van der Waals surface area contributed by atoms with Crippen molar-refractivity contribution in [3.05, 3.63) is 0 Å². The molecule has 0 fully saturated rings. The summed E-state index contributed by atoms with van der Waals surface area (Å²) in [5, 5.41) is 8.20. The number of urea groups is 1. The molecule has 0 aromatic heterocycles. The highest BCUT2D eigenvalue weighted by atomic mass is 35.5. The van der Waals surface area contributed by atoms with E-state index in [1.54, 1.807) is 0 Å². The van der Waals surface area contributed by atoms with E-state index in [-0.39, 0.29) is 0 Å². The molecule has 0 bridgehead atoms. The molecule has 1 aliphatic heterocycles. The van der Waals surface area contributed by atoms with Crippen LogP contribution in [0.15, 0.2) is 10.2 Å². The standard InChI is InChI=1S/C2HCl2N3O/c3-2(4)5-1(8)6-7-2/h(H,5,8). The summed E-state index contributed by atoms with van der Waals surface area (Å²) in [7, 11) is 0. The van der Waals surface area contributed by atoms with Gasteiger partial charge in [0.25, 0.3) is 0 Å². The number of nitrogens with one attached hydrogen (secondary N) is 1. The van der Waals surface area contributed by atoms with Gasteiger partial charge in [-0.25, -0.2) is 4.79 Å². The molecule has 1 rings (SSSR count). The number of amides is 2. The zero-order valence-corrected chi connectivity index (χ0v) is 5.07. The highest BCUT2D eigenvalue weighted by Gasteiger charge is 2.30. The van der Waals surface area contributed by atoms with Gasteiger partial charge in [0.2, 0.25) is 0 Å². The van der Waals surface area contributed by atoms with E-state index in [2.05, 4.69) is 15.5 Å². The Morgan fingerprint density at radius 3 is 2.38 bits per heavy atom. The molecule has 0 aliphatic carbocycles. The third-order valence-corrected chi connectivity index (χ3v) is 0.864. The molecule has 2 amide bonds. The van der Waals surface area contributed by atoms with Crippen molar-refractivity contribution < 1.29 is 4.79 Å². The summed E-state index contributed by atoms with van der Waals surface area (Å²) in [4.78, 5) is 10.1. The van der Waals surface area contributed by atoms with Gasteiger partial charge in [0.15, 0.2) is 0 Å². The number of hydrogen-bond donors (Lipinski definition) is 1. The molecule has 4 nitrogen and oxygen atoms in total. The molecule has 1 N–H and O–H groups in total. The zero-order chi connectivity index (χ0) is 6.20. The van der Waals surface area contributed by atoms with Gasteiger partial charge < -0.3 is 0 Å². The lowest BCUT2D eigenvalue weighted by atomic mass is 11.0. The molecule has 0 radical (unpaired) electrons.